The molecule has 0 spiro atoms. The van der Waals surface area contributed by atoms with Crippen LogP contribution in [0.3, 0.4) is 0 Å². The highest BCUT2D eigenvalue weighted by atomic mass is 14.2. The summed E-state index contributed by atoms with van der Waals surface area (Å²) in [6, 6.07) is 9.03. The quantitative estimate of drug-likeness (QED) is 0.652. The van der Waals surface area contributed by atoms with Crippen molar-refractivity contribution in [2.24, 2.45) is 0 Å². The van der Waals surface area contributed by atoms with Crippen molar-refractivity contribution in [2.45, 2.75) is 12.8 Å². The van der Waals surface area contributed by atoms with E-state index in [1.54, 1.807) is 0 Å². The van der Waals surface area contributed by atoms with Crippen molar-refractivity contribution in [2.75, 3.05) is 0 Å². The highest BCUT2D eigenvalue weighted by Gasteiger charge is 2.13. The lowest BCUT2D eigenvalue weighted by Gasteiger charge is -2.16. The first-order chi connectivity index (χ1) is 8.84. The van der Waals surface area contributed by atoms with Crippen LogP contribution in [0.1, 0.15) is 24.0 Å². The first kappa shape index (κ1) is 9.90. The van der Waals surface area contributed by atoms with Crippen LogP contribution in [0.4, 0.5) is 0 Å². The standard InChI is InChI=1S/C18H14/c1-12-4-2-6-14-9-10-16-15-7-3-5-13(15)8-11-17(16)18(12)14/h2-12H,1H3. The minimum Gasteiger partial charge on any atom is -0.0772 e. The van der Waals surface area contributed by atoms with Crippen LogP contribution in [0.25, 0.3) is 29.0 Å². The van der Waals surface area contributed by atoms with Gasteiger partial charge in [0.25, 0.3) is 0 Å². The lowest BCUT2D eigenvalue weighted by molar-refractivity contribution is 0.963. The van der Waals surface area contributed by atoms with Crippen molar-refractivity contribution in [1.29, 1.82) is 0 Å². The van der Waals surface area contributed by atoms with E-state index in [9.17, 15) is 0 Å². The molecule has 2 aliphatic rings. The summed E-state index contributed by atoms with van der Waals surface area (Å²) >= 11 is 0. The average molecular weight is 230 g/mol. The molecule has 0 aliphatic heterocycles. The Morgan fingerprint density at radius 1 is 0.833 bits per heavy atom. The van der Waals surface area contributed by atoms with Crippen LogP contribution in [-0.2, 0) is 0 Å². The van der Waals surface area contributed by atoms with E-state index in [0.29, 0.717) is 5.92 Å². The zero-order chi connectivity index (χ0) is 12.1. The van der Waals surface area contributed by atoms with Gasteiger partial charge in [0.2, 0.25) is 0 Å². The smallest absolute Gasteiger partial charge is 0.000478 e. The molecule has 1 unspecified atom stereocenters. The Hall–Kier alpha value is -2.08. The molecule has 2 aromatic rings. The third-order valence-electron chi connectivity index (χ3n) is 4.02. The minimum absolute atomic E-state index is 0.501. The van der Waals surface area contributed by atoms with Gasteiger partial charge in [0.1, 0.15) is 0 Å². The second-order valence-electron chi connectivity index (χ2n) is 5.10. The second-order valence-corrected chi connectivity index (χ2v) is 5.10. The highest BCUT2D eigenvalue weighted by molar-refractivity contribution is 5.96. The molecule has 0 saturated carbocycles. The van der Waals surface area contributed by atoms with Gasteiger partial charge in [0.05, 0.1) is 0 Å². The van der Waals surface area contributed by atoms with Gasteiger partial charge in [0.15, 0.2) is 0 Å². The molecule has 0 aromatic heterocycles. The molecule has 1 atom stereocenters. The summed E-state index contributed by atoms with van der Waals surface area (Å²) in [4.78, 5) is 0. The van der Waals surface area contributed by atoms with Gasteiger partial charge in [-0.3, -0.25) is 0 Å². The Balaban J connectivity index is 2.22. The van der Waals surface area contributed by atoms with Gasteiger partial charge in [-0.15, -0.1) is 0 Å². The largest absolute Gasteiger partial charge is 0.0772 e. The van der Waals surface area contributed by atoms with Gasteiger partial charge in [0, 0.05) is 5.92 Å². The van der Waals surface area contributed by atoms with Crippen molar-refractivity contribution in [3.8, 4) is 0 Å². The number of hydrogen-bond acceptors (Lipinski definition) is 0. The van der Waals surface area contributed by atoms with Gasteiger partial charge >= 0.3 is 0 Å². The molecule has 2 aromatic carbocycles. The van der Waals surface area contributed by atoms with Gasteiger partial charge in [-0.2, -0.15) is 0 Å². The molecular weight excluding hydrogens is 216 g/mol. The summed E-state index contributed by atoms with van der Waals surface area (Å²) in [6.07, 6.45) is 13.2. The van der Waals surface area contributed by atoms with Crippen LogP contribution in [0.15, 0.2) is 42.5 Å². The van der Waals surface area contributed by atoms with Gasteiger partial charge in [-0.05, 0) is 32.3 Å². The van der Waals surface area contributed by atoms with Crippen LogP contribution in [-0.4, -0.2) is 0 Å². The summed E-state index contributed by atoms with van der Waals surface area (Å²) < 4.78 is 0. The SMILES string of the molecule is CC1C=CC=c2ccc3c4c(ccc3c21)=CC=C4. The maximum Gasteiger partial charge on any atom is 0.000478 e. The molecule has 18 heavy (non-hydrogen) atoms. The molecule has 0 heterocycles. The van der Waals surface area contributed by atoms with E-state index in [4.69, 9.17) is 0 Å². The Labute approximate surface area is 106 Å². The number of benzene rings is 2. The van der Waals surface area contributed by atoms with Crippen LogP contribution >= 0.6 is 0 Å². The van der Waals surface area contributed by atoms with Crippen molar-refractivity contribution < 1.29 is 0 Å². The Kier molecular flexibility index (Phi) is 1.90. The summed E-state index contributed by atoms with van der Waals surface area (Å²) in [6.45, 7) is 2.27. The lowest BCUT2D eigenvalue weighted by Crippen LogP contribution is -2.15. The van der Waals surface area contributed by atoms with Crippen LogP contribution in [0, 0.1) is 0 Å². The molecule has 0 bridgehead atoms. The number of allylic oxidation sites excluding steroid dienone is 3. The van der Waals surface area contributed by atoms with Crippen LogP contribution in [0.2, 0.25) is 0 Å². The average Bonchev–Trinajstić information content (AvgIpc) is 2.86. The second kappa shape index (κ2) is 3.46. The van der Waals surface area contributed by atoms with E-state index >= 15 is 0 Å². The minimum atomic E-state index is 0.501. The van der Waals surface area contributed by atoms with Crippen molar-refractivity contribution in [3.05, 3.63) is 64.1 Å². The highest BCUT2D eigenvalue weighted by Crippen LogP contribution is 2.27. The number of rotatable bonds is 0. The third kappa shape index (κ3) is 1.20. The van der Waals surface area contributed by atoms with E-state index in [1.807, 2.05) is 0 Å². The summed E-state index contributed by atoms with van der Waals surface area (Å²) in [7, 11) is 0. The van der Waals surface area contributed by atoms with Crippen molar-refractivity contribution in [3.63, 3.8) is 0 Å². The molecule has 86 valence electrons. The molecule has 0 amide bonds. The normalized spacial score (nSPS) is 19.3. The predicted octanol–water partition coefficient (Wildman–Crippen LogP) is 3.10. The maximum absolute atomic E-state index is 2.28. The molecular formula is C18H14. The van der Waals surface area contributed by atoms with Gasteiger partial charge in [-0.1, -0.05) is 67.6 Å². The lowest BCUT2D eigenvalue weighted by atomic mass is 9.88. The van der Waals surface area contributed by atoms with Gasteiger partial charge in [-0.25, -0.2) is 0 Å². The number of hydrogen-bond donors (Lipinski definition) is 0. The summed E-state index contributed by atoms with van der Waals surface area (Å²) in [5.74, 6) is 0.501. The van der Waals surface area contributed by atoms with Crippen LogP contribution in [0.5, 0.6) is 0 Å². The molecule has 0 nitrogen and oxygen atoms in total. The molecule has 0 heteroatoms. The zero-order valence-electron chi connectivity index (χ0n) is 10.4. The third-order valence-corrected chi connectivity index (χ3v) is 4.02. The zero-order valence-corrected chi connectivity index (χ0v) is 10.4. The fraction of sp³-hybridized carbons (Fsp3) is 0.111. The Morgan fingerprint density at radius 2 is 1.61 bits per heavy atom. The Morgan fingerprint density at radius 3 is 2.56 bits per heavy atom. The van der Waals surface area contributed by atoms with E-state index in [2.05, 4.69) is 67.6 Å². The maximum atomic E-state index is 2.28. The summed E-state index contributed by atoms with van der Waals surface area (Å²) in [5, 5.41) is 5.49. The van der Waals surface area contributed by atoms with E-state index in [0.717, 1.165) is 0 Å². The van der Waals surface area contributed by atoms with E-state index in [1.165, 1.54) is 32.3 Å². The first-order valence-corrected chi connectivity index (χ1v) is 6.47. The fourth-order valence-electron chi connectivity index (χ4n) is 3.14. The monoisotopic (exact) mass is 230 g/mol. The molecule has 0 N–H and O–H groups in total. The summed E-state index contributed by atoms with van der Waals surface area (Å²) in [5.41, 5.74) is 2.84. The first-order valence-electron chi connectivity index (χ1n) is 6.47. The molecule has 0 fully saturated rings. The Bertz CT molecular complexity index is 832. The molecule has 0 radical (unpaired) electrons. The van der Waals surface area contributed by atoms with Gasteiger partial charge < -0.3 is 0 Å². The fourth-order valence-corrected chi connectivity index (χ4v) is 3.14. The molecule has 0 saturated heterocycles. The predicted molar refractivity (Wildman–Crippen MR) is 78.7 cm³/mol. The topological polar surface area (TPSA) is 0 Å². The van der Waals surface area contributed by atoms with E-state index in [-0.39, 0.29) is 0 Å². The van der Waals surface area contributed by atoms with Crippen molar-refractivity contribution in [1.82, 2.24) is 0 Å². The molecule has 4 rings (SSSR count). The van der Waals surface area contributed by atoms with Crippen molar-refractivity contribution >= 4 is 29.0 Å². The van der Waals surface area contributed by atoms with E-state index < -0.39 is 0 Å². The molecule has 2 aliphatic carbocycles. The number of fused-ring (bicyclic) bond motifs is 5. The van der Waals surface area contributed by atoms with Crippen LogP contribution < -0.4 is 10.4 Å².